The Morgan fingerprint density at radius 3 is 2.42 bits per heavy atom. The molecular weight excluding hydrogens is 461 g/mol. The second-order valence-electron chi connectivity index (χ2n) is 8.70. The predicted molar refractivity (Wildman–Crippen MR) is 134 cm³/mol. The van der Waals surface area contributed by atoms with Gasteiger partial charge in [0.2, 0.25) is 5.78 Å². The van der Waals surface area contributed by atoms with Crippen LogP contribution in [0.5, 0.6) is 0 Å². The summed E-state index contributed by atoms with van der Waals surface area (Å²) in [5.41, 5.74) is 2.25. The summed E-state index contributed by atoms with van der Waals surface area (Å²) in [4.78, 5) is 43.4. The number of benzene rings is 3. The Labute approximate surface area is 202 Å². The summed E-state index contributed by atoms with van der Waals surface area (Å²) in [6.07, 6.45) is 0. The SMILES string of the molecule is Cc1[nH]c2ccccc2c1C(=O)Cn1nc2n(Cc3ccc(F)cc3)c(=O)c3ccccc3n2c1=O. The second kappa shape index (κ2) is 8.16. The third-order valence-corrected chi connectivity index (χ3v) is 6.40. The first-order chi connectivity index (χ1) is 17.4. The molecule has 0 aliphatic carbocycles. The standard InChI is InChI=1S/C27H20FN5O3/c1-16-24(19-6-2-4-8-21(19)29-16)23(34)15-32-27(36)33-22-9-5-3-7-20(22)25(35)31(26(33)30-32)14-17-10-12-18(28)13-11-17/h2-13,29H,14-15H2,1H3. The lowest BCUT2D eigenvalue weighted by molar-refractivity contribution is 0.0967. The van der Waals surface area contributed by atoms with Crippen molar-refractivity contribution in [3.05, 3.63) is 116 Å². The molecule has 178 valence electrons. The Hall–Kier alpha value is -4.79. The van der Waals surface area contributed by atoms with E-state index >= 15 is 0 Å². The number of halogens is 1. The van der Waals surface area contributed by atoms with Gasteiger partial charge in [0, 0.05) is 22.2 Å². The van der Waals surface area contributed by atoms with Crippen LogP contribution in [0.3, 0.4) is 0 Å². The Morgan fingerprint density at radius 2 is 1.64 bits per heavy atom. The quantitative estimate of drug-likeness (QED) is 0.380. The van der Waals surface area contributed by atoms with Gasteiger partial charge in [0.05, 0.1) is 17.4 Å². The van der Waals surface area contributed by atoms with Crippen LogP contribution in [-0.4, -0.2) is 29.5 Å². The molecule has 0 saturated carbocycles. The number of hydrogen-bond donors (Lipinski definition) is 1. The monoisotopic (exact) mass is 481 g/mol. The maximum absolute atomic E-state index is 13.5. The van der Waals surface area contributed by atoms with Gasteiger partial charge in [-0.3, -0.25) is 14.2 Å². The molecule has 3 aromatic carbocycles. The highest BCUT2D eigenvalue weighted by Gasteiger charge is 2.21. The van der Waals surface area contributed by atoms with Crippen LogP contribution in [0, 0.1) is 12.7 Å². The van der Waals surface area contributed by atoms with Crippen molar-refractivity contribution in [1.29, 1.82) is 0 Å². The van der Waals surface area contributed by atoms with E-state index in [-0.39, 0.29) is 36.0 Å². The van der Waals surface area contributed by atoms with Crippen molar-refractivity contribution < 1.29 is 9.18 Å². The van der Waals surface area contributed by atoms with E-state index in [4.69, 9.17) is 0 Å². The summed E-state index contributed by atoms with van der Waals surface area (Å²) in [5.74, 6) is -0.551. The molecule has 0 bridgehead atoms. The highest BCUT2D eigenvalue weighted by molar-refractivity contribution is 6.09. The Morgan fingerprint density at radius 1 is 0.944 bits per heavy atom. The van der Waals surface area contributed by atoms with Crippen LogP contribution in [-0.2, 0) is 13.1 Å². The zero-order chi connectivity index (χ0) is 25.0. The summed E-state index contributed by atoms with van der Waals surface area (Å²) in [5, 5.41) is 5.54. The molecule has 6 rings (SSSR count). The minimum Gasteiger partial charge on any atom is -0.358 e. The molecule has 0 unspecified atom stereocenters. The van der Waals surface area contributed by atoms with E-state index in [1.807, 2.05) is 31.2 Å². The fourth-order valence-corrected chi connectivity index (χ4v) is 4.74. The van der Waals surface area contributed by atoms with Crippen LogP contribution in [0.15, 0.2) is 82.4 Å². The molecule has 8 nitrogen and oxygen atoms in total. The lowest BCUT2D eigenvalue weighted by Crippen LogP contribution is -2.27. The van der Waals surface area contributed by atoms with E-state index in [9.17, 15) is 18.8 Å². The van der Waals surface area contributed by atoms with E-state index in [2.05, 4.69) is 10.1 Å². The van der Waals surface area contributed by atoms with Gasteiger partial charge in [-0.05, 0) is 42.8 Å². The van der Waals surface area contributed by atoms with Crippen LogP contribution >= 0.6 is 0 Å². The average molecular weight is 481 g/mol. The van der Waals surface area contributed by atoms with Crippen LogP contribution in [0.4, 0.5) is 4.39 Å². The maximum Gasteiger partial charge on any atom is 0.352 e. The first-order valence-corrected chi connectivity index (χ1v) is 11.4. The maximum atomic E-state index is 13.5. The topological polar surface area (TPSA) is 94.2 Å². The predicted octanol–water partition coefficient (Wildman–Crippen LogP) is 3.67. The normalized spacial score (nSPS) is 11.6. The summed E-state index contributed by atoms with van der Waals surface area (Å²) >= 11 is 0. The second-order valence-corrected chi connectivity index (χ2v) is 8.70. The summed E-state index contributed by atoms with van der Waals surface area (Å²) in [6.45, 7) is 1.61. The number of nitrogens with zero attached hydrogens (tertiary/aromatic N) is 4. The third-order valence-electron chi connectivity index (χ3n) is 6.40. The summed E-state index contributed by atoms with van der Waals surface area (Å²) < 4.78 is 17.2. The number of para-hydroxylation sites is 2. The molecule has 0 atom stereocenters. The molecule has 9 heteroatoms. The zero-order valence-electron chi connectivity index (χ0n) is 19.2. The van der Waals surface area contributed by atoms with Gasteiger partial charge in [0.15, 0.2) is 5.78 Å². The van der Waals surface area contributed by atoms with Crippen molar-refractivity contribution in [3.8, 4) is 0 Å². The molecular formula is C27H20FN5O3. The molecule has 0 saturated heterocycles. The lowest BCUT2D eigenvalue weighted by Gasteiger charge is -2.09. The number of hydrogen-bond acceptors (Lipinski definition) is 4. The van der Waals surface area contributed by atoms with E-state index < -0.39 is 5.69 Å². The van der Waals surface area contributed by atoms with E-state index in [1.165, 1.54) is 21.1 Å². The Bertz CT molecular complexity index is 1930. The highest BCUT2D eigenvalue weighted by Crippen LogP contribution is 2.22. The minimum absolute atomic E-state index is 0.0827. The number of rotatable bonds is 5. The van der Waals surface area contributed by atoms with Gasteiger partial charge in [0.25, 0.3) is 5.56 Å². The third kappa shape index (κ3) is 3.36. The van der Waals surface area contributed by atoms with E-state index in [1.54, 1.807) is 36.4 Å². The molecule has 0 amide bonds. The van der Waals surface area contributed by atoms with Gasteiger partial charge in [-0.2, -0.15) is 0 Å². The number of ketones is 1. The van der Waals surface area contributed by atoms with Crippen molar-refractivity contribution in [3.63, 3.8) is 0 Å². The number of carbonyl (C=O) groups is 1. The lowest BCUT2D eigenvalue weighted by atomic mass is 10.1. The summed E-state index contributed by atoms with van der Waals surface area (Å²) in [6, 6.07) is 20.0. The van der Waals surface area contributed by atoms with Crippen molar-refractivity contribution in [2.24, 2.45) is 0 Å². The van der Waals surface area contributed by atoms with Crippen molar-refractivity contribution in [2.75, 3.05) is 0 Å². The molecule has 0 spiro atoms. The number of Topliss-reactive ketones (excluding diaryl/α,β-unsaturated/α-hetero) is 1. The van der Waals surface area contributed by atoms with E-state index in [0.29, 0.717) is 27.7 Å². The van der Waals surface area contributed by atoms with Gasteiger partial charge in [0.1, 0.15) is 12.4 Å². The molecule has 0 fully saturated rings. The smallest absolute Gasteiger partial charge is 0.352 e. The molecule has 3 aromatic heterocycles. The largest absolute Gasteiger partial charge is 0.358 e. The van der Waals surface area contributed by atoms with Crippen molar-refractivity contribution in [2.45, 2.75) is 20.0 Å². The molecule has 3 heterocycles. The zero-order valence-corrected chi connectivity index (χ0v) is 19.2. The Balaban J connectivity index is 1.52. The number of carbonyl (C=O) groups excluding carboxylic acids is 1. The van der Waals surface area contributed by atoms with E-state index in [0.717, 1.165) is 15.6 Å². The van der Waals surface area contributed by atoms with Crippen LogP contribution in [0.1, 0.15) is 21.6 Å². The average Bonchev–Trinajstić information content (AvgIpc) is 3.38. The Kier molecular flexibility index (Phi) is 4.92. The number of nitrogens with one attached hydrogen (secondary N) is 1. The molecule has 6 aromatic rings. The van der Waals surface area contributed by atoms with Crippen LogP contribution in [0.2, 0.25) is 0 Å². The first kappa shape index (κ1) is 21.7. The van der Waals surface area contributed by atoms with Crippen LogP contribution < -0.4 is 11.2 Å². The number of aryl methyl sites for hydroxylation is 1. The fourth-order valence-electron chi connectivity index (χ4n) is 4.74. The first-order valence-electron chi connectivity index (χ1n) is 11.4. The number of aromatic amines is 1. The van der Waals surface area contributed by atoms with Gasteiger partial charge >= 0.3 is 5.69 Å². The van der Waals surface area contributed by atoms with Crippen LogP contribution in [0.25, 0.3) is 27.6 Å². The molecule has 0 aliphatic heterocycles. The highest BCUT2D eigenvalue weighted by atomic mass is 19.1. The molecule has 0 aliphatic rings. The van der Waals surface area contributed by atoms with Gasteiger partial charge in [-0.25, -0.2) is 18.3 Å². The molecule has 0 radical (unpaired) electrons. The summed E-state index contributed by atoms with van der Waals surface area (Å²) in [7, 11) is 0. The fraction of sp³-hybridized carbons (Fsp3) is 0.111. The van der Waals surface area contributed by atoms with Crippen molar-refractivity contribution >= 4 is 33.4 Å². The number of fused-ring (bicyclic) bond motifs is 4. The minimum atomic E-state index is -0.528. The van der Waals surface area contributed by atoms with Crippen molar-refractivity contribution in [1.82, 2.24) is 23.7 Å². The number of aromatic nitrogens is 5. The van der Waals surface area contributed by atoms with Gasteiger partial charge in [-0.15, -0.1) is 5.10 Å². The molecule has 1 N–H and O–H groups in total. The van der Waals surface area contributed by atoms with Gasteiger partial charge < -0.3 is 4.98 Å². The van der Waals surface area contributed by atoms with Gasteiger partial charge in [-0.1, -0.05) is 42.5 Å². The molecule has 36 heavy (non-hydrogen) atoms. The number of H-pyrrole nitrogens is 1.